The number of urea groups is 1. The summed E-state index contributed by atoms with van der Waals surface area (Å²) in [4.78, 5) is 26.1. The van der Waals surface area contributed by atoms with Gasteiger partial charge < -0.3 is 19.9 Å². The zero-order valence-electron chi connectivity index (χ0n) is 13.9. The molecule has 0 saturated carbocycles. The molecule has 1 aromatic carbocycles. The molecule has 3 rings (SSSR count). The predicted molar refractivity (Wildman–Crippen MR) is 88.7 cm³/mol. The van der Waals surface area contributed by atoms with Crippen LogP contribution in [0.2, 0.25) is 0 Å². The third kappa shape index (κ3) is 2.96. The van der Waals surface area contributed by atoms with E-state index in [1.807, 2.05) is 0 Å². The van der Waals surface area contributed by atoms with Crippen LogP contribution >= 0.6 is 0 Å². The number of nitrogens with two attached hydrogens (primary N) is 1. The molecule has 3 atom stereocenters. The van der Waals surface area contributed by atoms with E-state index in [4.69, 9.17) is 20.3 Å². The fraction of sp³-hybridized carbons (Fsp3) is 0.294. The van der Waals surface area contributed by atoms with Crippen LogP contribution in [0.25, 0.3) is 0 Å². The zero-order chi connectivity index (χ0) is 18.9. The number of aliphatic hydroxyl groups is 1. The molecule has 0 aromatic heterocycles. The van der Waals surface area contributed by atoms with Gasteiger partial charge in [-0.1, -0.05) is 18.2 Å². The molecule has 0 bridgehead atoms. The van der Waals surface area contributed by atoms with Crippen molar-refractivity contribution < 1.29 is 28.6 Å². The number of nitrogens with one attached hydrogen (secondary N) is 1. The summed E-state index contributed by atoms with van der Waals surface area (Å²) in [6.07, 6.45) is 2.36. The number of carbonyl (C=O) groups excluding carboxylic acids is 2. The van der Waals surface area contributed by atoms with Crippen molar-refractivity contribution in [3.8, 4) is 5.75 Å². The topological polar surface area (TPSA) is 114 Å². The second-order valence-corrected chi connectivity index (χ2v) is 5.78. The molecular formula is C17H18FN3O5. The van der Waals surface area contributed by atoms with Crippen LogP contribution in [0.3, 0.4) is 0 Å². The number of rotatable bonds is 5. The first-order chi connectivity index (χ1) is 12.4. The summed E-state index contributed by atoms with van der Waals surface area (Å²) in [5, 5.41) is 11.3. The molecule has 26 heavy (non-hydrogen) atoms. The fourth-order valence-corrected chi connectivity index (χ4v) is 2.73. The van der Waals surface area contributed by atoms with Gasteiger partial charge in [-0.2, -0.15) is 0 Å². The Bertz CT molecular complexity index is 796. The van der Waals surface area contributed by atoms with E-state index >= 15 is 0 Å². The third-order valence-corrected chi connectivity index (χ3v) is 4.14. The highest BCUT2D eigenvalue weighted by molar-refractivity contribution is 6.08. The molecule has 2 aliphatic heterocycles. The molecule has 0 aliphatic carbocycles. The van der Waals surface area contributed by atoms with Crippen molar-refractivity contribution >= 4 is 11.8 Å². The maximum Gasteiger partial charge on any atom is 0.326 e. The predicted octanol–water partition coefficient (Wildman–Crippen LogP) is 0.642. The van der Waals surface area contributed by atoms with E-state index in [1.54, 1.807) is 18.2 Å². The highest BCUT2D eigenvalue weighted by Gasteiger charge is 2.47. The minimum Gasteiger partial charge on any atom is -0.496 e. The Morgan fingerprint density at radius 3 is 2.85 bits per heavy atom. The van der Waals surface area contributed by atoms with Crippen molar-refractivity contribution in [2.24, 2.45) is 5.73 Å². The minimum absolute atomic E-state index is 0.0344. The van der Waals surface area contributed by atoms with Gasteiger partial charge in [0.25, 0.3) is 0 Å². The first-order valence-electron chi connectivity index (χ1n) is 7.80. The average Bonchev–Trinajstić information content (AvgIpc) is 3.13. The van der Waals surface area contributed by atoms with Gasteiger partial charge in [0.2, 0.25) is 11.4 Å². The molecule has 1 aromatic rings. The number of ketones is 1. The van der Waals surface area contributed by atoms with Crippen LogP contribution < -0.4 is 15.8 Å². The molecule has 4 N–H and O–H groups in total. The van der Waals surface area contributed by atoms with Gasteiger partial charge >= 0.3 is 6.03 Å². The molecule has 0 radical (unpaired) electrons. The van der Waals surface area contributed by atoms with Gasteiger partial charge in [-0.25, -0.2) is 9.18 Å². The summed E-state index contributed by atoms with van der Waals surface area (Å²) >= 11 is 0. The molecule has 2 amide bonds. The Labute approximate surface area is 148 Å². The van der Waals surface area contributed by atoms with Gasteiger partial charge in [-0.05, 0) is 18.2 Å². The van der Waals surface area contributed by atoms with E-state index in [1.165, 1.54) is 25.3 Å². The van der Waals surface area contributed by atoms with Gasteiger partial charge in [-0.3, -0.25) is 15.4 Å². The third-order valence-electron chi connectivity index (χ3n) is 4.14. The molecule has 2 aliphatic rings. The molecule has 0 saturated heterocycles. The Morgan fingerprint density at radius 1 is 1.46 bits per heavy atom. The summed E-state index contributed by atoms with van der Waals surface area (Å²) in [7, 11) is 1.37. The number of para-hydroxylation sites is 1. The standard InChI is InChI=1S/C17H18FN3O5/c1-25-12-5-3-2-4-11(12)15(23)17(19)13(18)8-21(16(24)20-17)14-7-6-10(9-22)26-14/h2-8,10,14,22H,9,19H2,1H3,(H,20,24)/t10-,14+,17?/m0/s1. The van der Waals surface area contributed by atoms with Crippen molar-refractivity contribution in [2.75, 3.05) is 13.7 Å². The Hall–Kier alpha value is -2.75. The van der Waals surface area contributed by atoms with Crippen molar-refractivity contribution in [3.05, 3.63) is 54.0 Å². The van der Waals surface area contributed by atoms with E-state index < -0.39 is 35.6 Å². The number of ether oxygens (including phenoxy) is 2. The van der Waals surface area contributed by atoms with Crippen LogP contribution in [-0.2, 0) is 4.74 Å². The Balaban J connectivity index is 1.90. The lowest BCUT2D eigenvalue weighted by Crippen LogP contribution is -2.67. The van der Waals surface area contributed by atoms with E-state index in [9.17, 15) is 14.0 Å². The summed E-state index contributed by atoms with van der Waals surface area (Å²) < 4.78 is 25.2. The Morgan fingerprint density at radius 2 is 2.19 bits per heavy atom. The number of methoxy groups -OCH3 is 1. The van der Waals surface area contributed by atoms with E-state index in [2.05, 4.69) is 5.32 Å². The molecule has 8 nitrogen and oxygen atoms in total. The second-order valence-electron chi connectivity index (χ2n) is 5.78. The number of benzene rings is 1. The number of aliphatic hydroxyl groups excluding tert-OH is 1. The number of carbonyl (C=O) groups is 2. The number of hydrogen-bond donors (Lipinski definition) is 3. The molecule has 0 spiro atoms. The summed E-state index contributed by atoms with van der Waals surface area (Å²) in [5.41, 5.74) is 3.57. The number of Topliss-reactive ketones (excluding diaryl/α,β-unsaturated/α-hetero) is 1. The number of nitrogens with zero attached hydrogens (tertiary/aromatic N) is 1. The van der Waals surface area contributed by atoms with Crippen molar-refractivity contribution in [1.82, 2.24) is 10.2 Å². The molecule has 9 heteroatoms. The lowest BCUT2D eigenvalue weighted by atomic mass is 9.95. The van der Waals surface area contributed by atoms with Gasteiger partial charge in [-0.15, -0.1) is 0 Å². The molecule has 1 unspecified atom stereocenters. The number of amides is 2. The maximum atomic E-state index is 14.7. The first kappa shape index (κ1) is 18.1. The number of hydrogen-bond acceptors (Lipinski definition) is 6. The SMILES string of the molecule is COc1ccccc1C(=O)C1(N)NC(=O)N([C@H]2C=C[C@@H](CO)O2)C=C1F. The van der Waals surface area contributed by atoms with Crippen molar-refractivity contribution in [3.63, 3.8) is 0 Å². The van der Waals surface area contributed by atoms with E-state index in [-0.39, 0.29) is 17.9 Å². The van der Waals surface area contributed by atoms with Gasteiger partial charge in [0.05, 0.1) is 19.3 Å². The smallest absolute Gasteiger partial charge is 0.326 e. The average molecular weight is 363 g/mol. The van der Waals surface area contributed by atoms with Crippen LogP contribution in [0.5, 0.6) is 5.75 Å². The molecule has 2 heterocycles. The van der Waals surface area contributed by atoms with Crippen molar-refractivity contribution in [2.45, 2.75) is 18.0 Å². The molecule has 138 valence electrons. The van der Waals surface area contributed by atoms with Gasteiger partial charge in [0.1, 0.15) is 11.9 Å². The van der Waals surface area contributed by atoms with Crippen LogP contribution in [0, 0.1) is 0 Å². The quantitative estimate of drug-likeness (QED) is 0.523. The van der Waals surface area contributed by atoms with E-state index in [0.29, 0.717) is 0 Å². The highest BCUT2D eigenvalue weighted by atomic mass is 19.1. The molecule has 0 fully saturated rings. The largest absolute Gasteiger partial charge is 0.496 e. The van der Waals surface area contributed by atoms with Gasteiger partial charge in [0, 0.05) is 6.20 Å². The summed E-state index contributed by atoms with van der Waals surface area (Å²) in [5.74, 6) is -1.70. The monoisotopic (exact) mass is 363 g/mol. The lowest BCUT2D eigenvalue weighted by Gasteiger charge is -2.37. The first-order valence-corrected chi connectivity index (χ1v) is 7.80. The van der Waals surface area contributed by atoms with Crippen LogP contribution in [-0.4, -0.2) is 53.5 Å². The fourth-order valence-electron chi connectivity index (χ4n) is 2.73. The van der Waals surface area contributed by atoms with Crippen LogP contribution in [0.4, 0.5) is 9.18 Å². The van der Waals surface area contributed by atoms with Gasteiger partial charge in [0.15, 0.2) is 12.1 Å². The van der Waals surface area contributed by atoms with Crippen LogP contribution in [0.15, 0.2) is 48.4 Å². The minimum atomic E-state index is -2.36. The van der Waals surface area contributed by atoms with Crippen LogP contribution in [0.1, 0.15) is 10.4 Å². The molecular weight excluding hydrogens is 345 g/mol. The zero-order valence-corrected chi connectivity index (χ0v) is 13.9. The highest BCUT2D eigenvalue weighted by Crippen LogP contribution is 2.29. The second kappa shape index (κ2) is 6.87. The van der Waals surface area contributed by atoms with E-state index in [0.717, 1.165) is 11.1 Å². The summed E-state index contributed by atoms with van der Waals surface area (Å²) in [6.45, 7) is -0.276. The van der Waals surface area contributed by atoms with Crippen molar-refractivity contribution in [1.29, 1.82) is 0 Å². The summed E-state index contributed by atoms with van der Waals surface area (Å²) in [6, 6.07) is 5.36. The Kier molecular flexibility index (Phi) is 4.77. The maximum absolute atomic E-state index is 14.7. The number of halogens is 1. The normalized spacial score (nSPS) is 27.9. The lowest BCUT2D eigenvalue weighted by molar-refractivity contribution is -0.0262.